The fraction of sp³-hybridized carbons (Fsp3) is 0.158. The number of nitrogens with zero attached hydrogens (tertiary/aromatic N) is 1. The third kappa shape index (κ3) is 5.93. The van der Waals surface area contributed by atoms with Crippen molar-refractivity contribution in [3.8, 4) is 0 Å². The number of aryl methyl sites for hydroxylation is 1. The Bertz CT molecular complexity index is 896. The molecule has 0 spiro atoms. The van der Waals surface area contributed by atoms with E-state index >= 15 is 0 Å². The van der Waals surface area contributed by atoms with E-state index in [1.807, 2.05) is 25.1 Å². The SMILES string of the molecule is CCc1ccccc1NC(=O)CNC(=O)/C=C/c1ccc(Cl)c([N+](=O)[O-])c1. The van der Waals surface area contributed by atoms with Gasteiger partial charge in [-0.2, -0.15) is 0 Å². The Labute approximate surface area is 161 Å². The highest BCUT2D eigenvalue weighted by atomic mass is 35.5. The van der Waals surface area contributed by atoms with E-state index in [0.29, 0.717) is 11.3 Å². The number of hydrogen-bond donors (Lipinski definition) is 2. The lowest BCUT2D eigenvalue weighted by Crippen LogP contribution is -2.31. The summed E-state index contributed by atoms with van der Waals surface area (Å²) < 4.78 is 0. The molecule has 27 heavy (non-hydrogen) atoms. The van der Waals surface area contributed by atoms with E-state index in [1.165, 1.54) is 24.3 Å². The van der Waals surface area contributed by atoms with Crippen molar-refractivity contribution in [1.29, 1.82) is 0 Å². The molecular weight excluding hydrogens is 370 g/mol. The fourth-order valence-corrected chi connectivity index (χ4v) is 2.50. The summed E-state index contributed by atoms with van der Waals surface area (Å²) >= 11 is 5.74. The minimum atomic E-state index is -0.599. The van der Waals surface area contributed by atoms with Crippen LogP contribution < -0.4 is 10.6 Å². The molecule has 0 atom stereocenters. The van der Waals surface area contributed by atoms with Crippen molar-refractivity contribution < 1.29 is 14.5 Å². The molecule has 0 aromatic heterocycles. The number of carbonyl (C=O) groups excluding carboxylic acids is 2. The summed E-state index contributed by atoms with van der Waals surface area (Å²) in [4.78, 5) is 34.1. The third-order valence-electron chi connectivity index (χ3n) is 3.69. The molecule has 0 heterocycles. The van der Waals surface area contributed by atoms with E-state index in [9.17, 15) is 19.7 Å². The van der Waals surface area contributed by atoms with Gasteiger partial charge in [0.25, 0.3) is 5.69 Å². The van der Waals surface area contributed by atoms with Crippen LogP contribution in [0.25, 0.3) is 6.08 Å². The second kappa shape index (κ2) is 9.49. The van der Waals surface area contributed by atoms with Crippen LogP contribution in [0.4, 0.5) is 11.4 Å². The molecule has 0 saturated carbocycles. The number of rotatable bonds is 7. The van der Waals surface area contributed by atoms with Crippen molar-refractivity contribution >= 4 is 40.9 Å². The smallest absolute Gasteiger partial charge is 0.288 e. The normalized spacial score (nSPS) is 10.6. The van der Waals surface area contributed by atoms with Gasteiger partial charge < -0.3 is 10.6 Å². The van der Waals surface area contributed by atoms with Gasteiger partial charge in [0.2, 0.25) is 11.8 Å². The van der Waals surface area contributed by atoms with Crippen molar-refractivity contribution in [2.45, 2.75) is 13.3 Å². The maximum absolute atomic E-state index is 12.0. The van der Waals surface area contributed by atoms with Gasteiger partial charge in [-0.3, -0.25) is 19.7 Å². The van der Waals surface area contributed by atoms with Crippen molar-refractivity contribution in [2.75, 3.05) is 11.9 Å². The van der Waals surface area contributed by atoms with Crippen molar-refractivity contribution in [3.63, 3.8) is 0 Å². The fourth-order valence-electron chi connectivity index (χ4n) is 2.32. The Balaban J connectivity index is 1.90. The Morgan fingerprint density at radius 3 is 2.67 bits per heavy atom. The van der Waals surface area contributed by atoms with Gasteiger partial charge >= 0.3 is 0 Å². The Kier molecular flexibility index (Phi) is 7.08. The minimum Gasteiger partial charge on any atom is -0.343 e. The van der Waals surface area contributed by atoms with Crippen LogP contribution in [0, 0.1) is 10.1 Å². The maximum atomic E-state index is 12.0. The van der Waals surface area contributed by atoms with Gasteiger partial charge in [-0.25, -0.2) is 0 Å². The largest absolute Gasteiger partial charge is 0.343 e. The van der Waals surface area contributed by atoms with Gasteiger partial charge in [-0.1, -0.05) is 42.8 Å². The highest BCUT2D eigenvalue weighted by Crippen LogP contribution is 2.25. The number of nitrogens with one attached hydrogen (secondary N) is 2. The molecule has 2 amide bonds. The zero-order chi connectivity index (χ0) is 19.8. The topological polar surface area (TPSA) is 101 Å². The monoisotopic (exact) mass is 387 g/mol. The lowest BCUT2D eigenvalue weighted by atomic mass is 10.1. The van der Waals surface area contributed by atoms with Crippen LogP contribution in [0.1, 0.15) is 18.1 Å². The molecule has 2 aromatic carbocycles. The average molecular weight is 388 g/mol. The van der Waals surface area contributed by atoms with Crippen LogP contribution >= 0.6 is 11.6 Å². The van der Waals surface area contributed by atoms with E-state index in [2.05, 4.69) is 10.6 Å². The molecule has 2 aromatic rings. The summed E-state index contributed by atoms with van der Waals surface area (Å²) in [5.41, 5.74) is 1.92. The van der Waals surface area contributed by atoms with E-state index in [-0.39, 0.29) is 23.2 Å². The number of benzene rings is 2. The standard InChI is InChI=1S/C19H18ClN3O4/c1-2-14-5-3-4-6-16(14)22-19(25)12-21-18(24)10-8-13-7-9-15(20)17(11-13)23(26)27/h3-11H,2,12H2,1H3,(H,21,24)(H,22,25)/b10-8+. The zero-order valence-electron chi connectivity index (χ0n) is 14.6. The summed E-state index contributed by atoms with van der Waals surface area (Å²) in [7, 11) is 0. The number of amides is 2. The zero-order valence-corrected chi connectivity index (χ0v) is 15.3. The number of hydrogen-bond acceptors (Lipinski definition) is 4. The lowest BCUT2D eigenvalue weighted by molar-refractivity contribution is -0.384. The summed E-state index contributed by atoms with van der Waals surface area (Å²) in [5.74, 6) is -0.841. The molecule has 0 aliphatic rings. The number of nitro groups is 1. The van der Waals surface area contributed by atoms with Crippen LogP contribution in [0.15, 0.2) is 48.5 Å². The van der Waals surface area contributed by atoms with Crippen LogP contribution in [0.3, 0.4) is 0 Å². The van der Waals surface area contributed by atoms with E-state index in [1.54, 1.807) is 12.1 Å². The number of para-hydroxylation sites is 1. The van der Waals surface area contributed by atoms with E-state index in [0.717, 1.165) is 12.0 Å². The molecule has 2 N–H and O–H groups in total. The van der Waals surface area contributed by atoms with Gasteiger partial charge in [-0.15, -0.1) is 0 Å². The molecule has 0 aliphatic heterocycles. The molecule has 0 fully saturated rings. The number of nitro benzene ring substituents is 1. The first-order valence-electron chi connectivity index (χ1n) is 8.18. The second-order valence-electron chi connectivity index (χ2n) is 5.58. The predicted octanol–water partition coefficient (Wildman–Crippen LogP) is 3.58. The molecule has 7 nitrogen and oxygen atoms in total. The lowest BCUT2D eigenvalue weighted by Gasteiger charge is -2.09. The maximum Gasteiger partial charge on any atom is 0.288 e. The average Bonchev–Trinajstić information content (AvgIpc) is 2.66. The molecular formula is C19H18ClN3O4. The molecule has 0 unspecified atom stereocenters. The quantitative estimate of drug-likeness (QED) is 0.430. The van der Waals surface area contributed by atoms with Crippen molar-refractivity contribution in [2.24, 2.45) is 0 Å². The first-order chi connectivity index (χ1) is 12.9. The first-order valence-corrected chi connectivity index (χ1v) is 8.56. The van der Waals surface area contributed by atoms with Crippen molar-refractivity contribution in [1.82, 2.24) is 5.32 Å². The minimum absolute atomic E-state index is 0.0191. The van der Waals surface area contributed by atoms with Gasteiger partial charge in [0, 0.05) is 17.8 Å². The van der Waals surface area contributed by atoms with Gasteiger partial charge in [0.05, 0.1) is 11.5 Å². The molecule has 2 rings (SSSR count). The molecule has 0 bridgehead atoms. The summed E-state index contributed by atoms with van der Waals surface area (Å²) in [6.45, 7) is 1.79. The van der Waals surface area contributed by atoms with Gasteiger partial charge in [0.15, 0.2) is 0 Å². The predicted molar refractivity (Wildman–Crippen MR) is 105 cm³/mol. The summed E-state index contributed by atoms with van der Waals surface area (Å²) in [5, 5.41) is 16.1. The van der Waals surface area contributed by atoms with E-state index in [4.69, 9.17) is 11.6 Å². The molecule has 0 saturated heterocycles. The Morgan fingerprint density at radius 2 is 1.96 bits per heavy atom. The first kappa shape index (κ1) is 20.1. The number of halogens is 1. The van der Waals surface area contributed by atoms with E-state index < -0.39 is 10.8 Å². The van der Waals surface area contributed by atoms with Gasteiger partial charge in [0.1, 0.15) is 5.02 Å². The van der Waals surface area contributed by atoms with Crippen LogP contribution in [0.5, 0.6) is 0 Å². The van der Waals surface area contributed by atoms with Crippen LogP contribution in [0.2, 0.25) is 5.02 Å². The summed E-state index contributed by atoms with van der Waals surface area (Å²) in [6, 6.07) is 11.6. The van der Waals surface area contributed by atoms with Crippen LogP contribution in [-0.2, 0) is 16.0 Å². The second-order valence-corrected chi connectivity index (χ2v) is 5.99. The third-order valence-corrected chi connectivity index (χ3v) is 4.01. The molecule has 0 aliphatic carbocycles. The van der Waals surface area contributed by atoms with Crippen molar-refractivity contribution in [3.05, 3.63) is 74.8 Å². The number of carbonyl (C=O) groups is 2. The molecule has 140 valence electrons. The highest BCUT2D eigenvalue weighted by molar-refractivity contribution is 6.32. The highest BCUT2D eigenvalue weighted by Gasteiger charge is 2.12. The number of anilines is 1. The molecule has 0 radical (unpaired) electrons. The Morgan fingerprint density at radius 1 is 1.22 bits per heavy atom. The Hall–Kier alpha value is -3.19. The summed E-state index contributed by atoms with van der Waals surface area (Å²) in [6.07, 6.45) is 3.38. The molecule has 8 heteroatoms. The van der Waals surface area contributed by atoms with Gasteiger partial charge in [-0.05, 0) is 35.8 Å². The van der Waals surface area contributed by atoms with Crippen LogP contribution in [-0.4, -0.2) is 23.3 Å².